The van der Waals surface area contributed by atoms with Crippen LogP contribution in [0.25, 0.3) is 0 Å². The fourth-order valence-corrected chi connectivity index (χ4v) is 2.93. The molecule has 0 aliphatic carbocycles. The molecule has 2 N–H and O–H groups in total. The van der Waals surface area contributed by atoms with Crippen LogP contribution >= 0.6 is 15.9 Å². The van der Waals surface area contributed by atoms with Crippen LogP contribution in [0.4, 0.5) is 0 Å². The summed E-state index contributed by atoms with van der Waals surface area (Å²) in [5.74, 6) is 0.722. The largest absolute Gasteiger partial charge is 0.492 e. The topological polar surface area (TPSA) is 76.7 Å². The molecule has 0 aromatic heterocycles. The minimum Gasteiger partial charge on any atom is -0.492 e. The van der Waals surface area contributed by atoms with E-state index in [1.807, 2.05) is 31.2 Å². The van der Waals surface area contributed by atoms with Gasteiger partial charge in [0.1, 0.15) is 11.5 Å². The van der Waals surface area contributed by atoms with E-state index in [-0.39, 0.29) is 12.5 Å². The molecule has 2 amide bonds. The Morgan fingerprint density at radius 2 is 1.79 bits per heavy atom. The number of benzene rings is 2. The minimum absolute atomic E-state index is 0.197. The molecule has 0 saturated carbocycles. The molecule has 0 bridgehead atoms. The highest BCUT2D eigenvalue weighted by Gasteiger charge is 2.12. The molecule has 2 aromatic carbocycles. The van der Waals surface area contributed by atoms with E-state index in [4.69, 9.17) is 9.47 Å². The molecule has 0 unspecified atom stereocenters. The molecule has 2 rings (SSSR count). The minimum atomic E-state index is -0.450. The molecule has 0 fully saturated rings. The molecule has 7 heteroatoms. The van der Waals surface area contributed by atoms with Gasteiger partial charge < -0.3 is 9.47 Å². The average Bonchev–Trinajstić information content (AvgIpc) is 2.69. The number of rotatable bonds is 8. The van der Waals surface area contributed by atoms with E-state index < -0.39 is 11.8 Å². The van der Waals surface area contributed by atoms with Crippen molar-refractivity contribution in [3.63, 3.8) is 0 Å². The smallest absolute Gasteiger partial charge is 0.276 e. The van der Waals surface area contributed by atoms with E-state index in [1.165, 1.54) is 0 Å². The number of ether oxygens (including phenoxy) is 2. The first kappa shape index (κ1) is 21.8. The maximum Gasteiger partial charge on any atom is 0.276 e. The summed E-state index contributed by atoms with van der Waals surface area (Å²) in [7, 11) is 0. The number of carbonyl (C=O) groups excluding carboxylic acids is 2. The number of nitrogens with one attached hydrogen (secondary N) is 2. The van der Waals surface area contributed by atoms with Crippen LogP contribution in [0, 0.1) is 0 Å². The summed E-state index contributed by atoms with van der Waals surface area (Å²) < 4.78 is 11.8. The molecule has 0 aliphatic rings. The molecule has 6 nitrogen and oxygen atoms in total. The number of para-hydroxylation sites is 1. The first-order valence-electron chi connectivity index (χ1n) is 9.15. The van der Waals surface area contributed by atoms with Crippen LogP contribution in [0.5, 0.6) is 11.5 Å². The van der Waals surface area contributed by atoms with Crippen molar-refractivity contribution >= 4 is 27.7 Å². The van der Waals surface area contributed by atoms with Gasteiger partial charge in [-0.3, -0.25) is 20.4 Å². The highest BCUT2D eigenvalue weighted by Crippen LogP contribution is 2.26. The number of hydrogen-bond donors (Lipinski definition) is 2. The Kier molecular flexibility index (Phi) is 8.32. The molecule has 0 atom stereocenters. The van der Waals surface area contributed by atoms with Gasteiger partial charge in [0, 0.05) is 5.56 Å². The predicted molar refractivity (Wildman–Crippen MR) is 112 cm³/mol. The third-order valence-electron chi connectivity index (χ3n) is 3.87. The standard InChI is InChI=1S/C21H25BrN2O4/c1-4-11-27-19-10-9-15(12-17(19)22)21(26)24-23-20(25)13-28-18-8-6-5-7-16(18)14(2)3/h5-10,12,14H,4,11,13H2,1-3H3,(H,23,25)(H,24,26). The SMILES string of the molecule is CCCOc1ccc(C(=O)NNC(=O)COc2ccccc2C(C)C)cc1Br. The lowest BCUT2D eigenvalue weighted by Gasteiger charge is -2.14. The summed E-state index contributed by atoms with van der Waals surface area (Å²) in [6, 6.07) is 12.6. The number of halogens is 1. The fraction of sp³-hybridized carbons (Fsp3) is 0.333. The van der Waals surface area contributed by atoms with Gasteiger partial charge in [-0.25, -0.2) is 0 Å². The Morgan fingerprint density at radius 1 is 1.04 bits per heavy atom. The summed E-state index contributed by atoms with van der Waals surface area (Å²) in [6.45, 7) is 6.53. The third kappa shape index (κ3) is 6.27. The summed E-state index contributed by atoms with van der Waals surface area (Å²) in [4.78, 5) is 24.2. The van der Waals surface area contributed by atoms with Crippen molar-refractivity contribution in [2.45, 2.75) is 33.1 Å². The zero-order valence-corrected chi connectivity index (χ0v) is 17.8. The van der Waals surface area contributed by atoms with Crippen molar-refractivity contribution in [3.05, 3.63) is 58.1 Å². The van der Waals surface area contributed by atoms with Gasteiger partial charge in [0.05, 0.1) is 11.1 Å². The Morgan fingerprint density at radius 3 is 2.46 bits per heavy atom. The van der Waals surface area contributed by atoms with Crippen LogP contribution in [-0.2, 0) is 4.79 Å². The van der Waals surface area contributed by atoms with Gasteiger partial charge in [-0.05, 0) is 58.1 Å². The summed E-state index contributed by atoms with van der Waals surface area (Å²) in [5, 5.41) is 0. The fourth-order valence-electron chi connectivity index (χ4n) is 2.44. The highest BCUT2D eigenvalue weighted by atomic mass is 79.9. The number of carbonyl (C=O) groups is 2. The van der Waals surface area contributed by atoms with Crippen molar-refractivity contribution in [2.75, 3.05) is 13.2 Å². The van der Waals surface area contributed by atoms with Gasteiger partial charge in [-0.15, -0.1) is 0 Å². The van der Waals surface area contributed by atoms with Crippen molar-refractivity contribution in [2.24, 2.45) is 0 Å². The zero-order valence-electron chi connectivity index (χ0n) is 16.3. The Hall–Kier alpha value is -2.54. The third-order valence-corrected chi connectivity index (χ3v) is 4.49. The van der Waals surface area contributed by atoms with Gasteiger partial charge in [0.2, 0.25) is 0 Å². The van der Waals surface area contributed by atoms with Crippen LogP contribution < -0.4 is 20.3 Å². The second-order valence-corrected chi connectivity index (χ2v) is 7.33. The summed E-state index contributed by atoms with van der Waals surface area (Å²) >= 11 is 3.38. The summed E-state index contributed by atoms with van der Waals surface area (Å²) in [5.41, 5.74) is 6.15. The van der Waals surface area contributed by atoms with E-state index in [0.717, 1.165) is 12.0 Å². The quantitative estimate of drug-likeness (QED) is 0.593. The van der Waals surface area contributed by atoms with Crippen LogP contribution in [0.1, 0.15) is 49.0 Å². The van der Waals surface area contributed by atoms with Gasteiger partial charge in [-0.1, -0.05) is 39.0 Å². The Bertz CT molecular complexity index is 824. The molecule has 0 saturated heterocycles. The van der Waals surface area contributed by atoms with Gasteiger partial charge in [-0.2, -0.15) is 0 Å². The highest BCUT2D eigenvalue weighted by molar-refractivity contribution is 9.10. The first-order valence-corrected chi connectivity index (χ1v) is 9.95. The Balaban J connectivity index is 1.86. The molecule has 0 aliphatic heterocycles. The normalized spacial score (nSPS) is 10.5. The van der Waals surface area contributed by atoms with Crippen molar-refractivity contribution in [1.29, 1.82) is 0 Å². The lowest BCUT2D eigenvalue weighted by Crippen LogP contribution is -2.43. The molecule has 0 radical (unpaired) electrons. The molecule has 0 spiro atoms. The lowest BCUT2D eigenvalue weighted by atomic mass is 10.0. The maximum atomic E-state index is 12.2. The van der Waals surface area contributed by atoms with Gasteiger partial charge >= 0.3 is 0 Å². The predicted octanol–water partition coefficient (Wildman–Crippen LogP) is 4.20. The maximum absolute atomic E-state index is 12.2. The Labute approximate surface area is 173 Å². The van der Waals surface area contributed by atoms with E-state index in [9.17, 15) is 9.59 Å². The van der Waals surface area contributed by atoms with Crippen molar-refractivity contribution in [3.8, 4) is 11.5 Å². The molecular weight excluding hydrogens is 424 g/mol. The molecular formula is C21H25BrN2O4. The second-order valence-electron chi connectivity index (χ2n) is 6.48. The number of hydrogen-bond acceptors (Lipinski definition) is 4. The molecule has 0 heterocycles. The lowest BCUT2D eigenvalue weighted by molar-refractivity contribution is -0.123. The molecule has 28 heavy (non-hydrogen) atoms. The van der Waals surface area contributed by atoms with Crippen molar-refractivity contribution in [1.82, 2.24) is 10.9 Å². The van der Waals surface area contributed by atoms with E-state index in [0.29, 0.717) is 28.1 Å². The first-order chi connectivity index (χ1) is 13.4. The van der Waals surface area contributed by atoms with E-state index in [2.05, 4.69) is 40.6 Å². The number of amides is 2. The second kappa shape index (κ2) is 10.7. The average molecular weight is 449 g/mol. The van der Waals surface area contributed by atoms with Crippen molar-refractivity contribution < 1.29 is 19.1 Å². The monoisotopic (exact) mass is 448 g/mol. The van der Waals surface area contributed by atoms with Gasteiger partial charge in [0.25, 0.3) is 11.8 Å². The summed E-state index contributed by atoms with van der Waals surface area (Å²) in [6.07, 6.45) is 0.893. The van der Waals surface area contributed by atoms with Gasteiger partial charge in [0.15, 0.2) is 6.61 Å². The zero-order chi connectivity index (χ0) is 20.5. The van der Waals surface area contributed by atoms with E-state index in [1.54, 1.807) is 18.2 Å². The van der Waals surface area contributed by atoms with Crippen LogP contribution in [0.3, 0.4) is 0 Å². The van der Waals surface area contributed by atoms with Crippen LogP contribution in [-0.4, -0.2) is 25.0 Å². The van der Waals surface area contributed by atoms with Crippen LogP contribution in [0.2, 0.25) is 0 Å². The molecule has 2 aromatic rings. The van der Waals surface area contributed by atoms with Crippen LogP contribution in [0.15, 0.2) is 46.9 Å². The molecule has 150 valence electrons. The number of hydrazine groups is 1. The van der Waals surface area contributed by atoms with E-state index >= 15 is 0 Å².